The minimum Gasteiger partial charge on any atom is -0.390 e. The Balaban J connectivity index is 1.09. The van der Waals surface area contributed by atoms with Crippen molar-refractivity contribution in [2.75, 3.05) is 29.9 Å². The first-order chi connectivity index (χ1) is 22.3. The van der Waals surface area contributed by atoms with Crippen LogP contribution >= 0.6 is 11.6 Å². The Hall–Kier alpha value is -4.14. The zero-order valence-electron chi connectivity index (χ0n) is 26.3. The van der Waals surface area contributed by atoms with Gasteiger partial charge in [0.15, 0.2) is 5.82 Å². The Bertz CT molecular complexity index is 1760. The minimum atomic E-state index is -2.99. The van der Waals surface area contributed by atoms with E-state index in [2.05, 4.69) is 47.1 Å². The summed E-state index contributed by atoms with van der Waals surface area (Å²) in [6, 6.07) is 2.42. The zero-order valence-corrected chi connectivity index (χ0v) is 27.0. The molecule has 0 saturated carbocycles. The number of hydrogen-bond donors (Lipinski definition) is 2. The van der Waals surface area contributed by atoms with E-state index < -0.39 is 34.9 Å². The molecule has 2 fully saturated rings. The van der Waals surface area contributed by atoms with Gasteiger partial charge in [0, 0.05) is 72.9 Å². The highest BCUT2D eigenvalue weighted by atomic mass is 35.5. The van der Waals surface area contributed by atoms with Gasteiger partial charge in [0.2, 0.25) is 5.95 Å². The zero-order chi connectivity index (χ0) is 33.6. The fourth-order valence-corrected chi connectivity index (χ4v) is 6.11. The van der Waals surface area contributed by atoms with Gasteiger partial charge >= 0.3 is 0 Å². The van der Waals surface area contributed by atoms with E-state index in [-0.39, 0.29) is 28.4 Å². The number of rotatable bonds is 10. The summed E-state index contributed by atoms with van der Waals surface area (Å²) in [5.41, 5.74) is -1.09. The van der Waals surface area contributed by atoms with E-state index in [0.29, 0.717) is 23.7 Å². The van der Waals surface area contributed by atoms with Gasteiger partial charge in [-0.25, -0.2) is 28.1 Å². The van der Waals surface area contributed by atoms with Crippen molar-refractivity contribution in [1.29, 1.82) is 0 Å². The SMILES string of the molecule is CC([C@@H]1CCN1c1ncc(C(C)n2cc(NC(=O)c3cncc(-c4c(C(F)F)ccc(Cl)c4F)n3)cn2)cn1)N1CC(C(C)(C)O)C1. The van der Waals surface area contributed by atoms with Gasteiger partial charge in [-0.2, -0.15) is 5.10 Å². The smallest absolute Gasteiger partial charge is 0.275 e. The molecule has 5 heterocycles. The highest BCUT2D eigenvalue weighted by Crippen LogP contribution is 2.36. The lowest BCUT2D eigenvalue weighted by Gasteiger charge is -2.54. The molecule has 3 aromatic heterocycles. The quantitative estimate of drug-likeness (QED) is 0.229. The van der Waals surface area contributed by atoms with Gasteiger partial charge in [-0.1, -0.05) is 17.7 Å². The molecule has 3 atom stereocenters. The molecular formula is C32H35ClF3N9O2. The number of amides is 1. The molecule has 11 nitrogen and oxygen atoms in total. The van der Waals surface area contributed by atoms with Crippen LogP contribution in [-0.4, -0.2) is 82.9 Å². The summed E-state index contributed by atoms with van der Waals surface area (Å²) in [7, 11) is 0. The second kappa shape index (κ2) is 12.8. The number of benzene rings is 1. The van der Waals surface area contributed by atoms with Crippen molar-refractivity contribution in [3.63, 3.8) is 0 Å². The van der Waals surface area contributed by atoms with Crippen molar-refractivity contribution in [1.82, 2.24) is 34.6 Å². The van der Waals surface area contributed by atoms with Crippen LogP contribution < -0.4 is 10.2 Å². The summed E-state index contributed by atoms with van der Waals surface area (Å²) < 4.78 is 43.6. The maximum Gasteiger partial charge on any atom is 0.275 e. The van der Waals surface area contributed by atoms with Gasteiger partial charge in [0.05, 0.1) is 46.6 Å². The molecule has 6 rings (SSSR count). The molecule has 4 aromatic rings. The monoisotopic (exact) mass is 669 g/mol. The fraction of sp³-hybridized carbons (Fsp3) is 0.438. The Morgan fingerprint density at radius 3 is 2.47 bits per heavy atom. The summed E-state index contributed by atoms with van der Waals surface area (Å²) in [6.45, 7) is 10.5. The first kappa shape index (κ1) is 32.8. The van der Waals surface area contributed by atoms with E-state index in [0.717, 1.165) is 56.1 Å². The van der Waals surface area contributed by atoms with Crippen molar-refractivity contribution in [3.05, 3.63) is 77.0 Å². The van der Waals surface area contributed by atoms with Crippen LogP contribution in [0.3, 0.4) is 0 Å². The lowest BCUT2D eigenvalue weighted by molar-refractivity contribution is -0.0797. The van der Waals surface area contributed by atoms with Crippen LogP contribution in [0.1, 0.15) is 68.2 Å². The molecule has 1 amide bonds. The first-order valence-corrected chi connectivity index (χ1v) is 15.7. The summed E-state index contributed by atoms with van der Waals surface area (Å²) >= 11 is 5.83. The molecule has 0 bridgehead atoms. The molecule has 15 heteroatoms. The Morgan fingerprint density at radius 2 is 1.83 bits per heavy atom. The molecule has 47 heavy (non-hydrogen) atoms. The molecule has 1 aromatic carbocycles. The van der Waals surface area contributed by atoms with Crippen molar-refractivity contribution in [2.45, 2.75) is 64.3 Å². The average Bonchev–Trinajstić information content (AvgIpc) is 3.44. The molecule has 2 aliphatic rings. The summed E-state index contributed by atoms with van der Waals surface area (Å²) in [5, 5.41) is 17.0. The number of alkyl halides is 2. The number of anilines is 2. The topological polar surface area (TPSA) is 125 Å². The fourth-order valence-electron chi connectivity index (χ4n) is 5.95. The summed E-state index contributed by atoms with van der Waals surface area (Å²) in [6.07, 6.45) is 6.92. The minimum absolute atomic E-state index is 0.211. The number of aliphatic hydroxyl groups is 1. The maximum absolute atomic E-state index is 14.8. The Morgan fingerprint density at radius 1 is 1.11 bits per heavy atom. The molecular weight excluding hydrogens is 635 g/mol. The number of carbonyl (C=O) groups is 1. The third kappa shape index (κ3) is 6.54. The number of halogens is 4. The van der Waals surface area contributed by atoms with Crippen LogP contribution in [0.4, 0.5) is 24.8 Å². The highest BCUT2D eigenvalue weighted by molar-refractivity contribution is 6.31. The van der Waals surface area contributed by atoms with Gasteiger partial charge in [0.25, 0.3) is 12.3 Å². The van der Waals surface area contributed by atoms with E-state index >= 15 is 0 Å². The first-order valence-electron chi connectivity index (χ1n) is 15.3. The van der Waals surface area contributed by atoms with Gasteiger partial charge in [-0.3, -0.25) is 19.4 Å². The van der Waals surface area contributed by atoms with Crippen molar-refractivity contribution >= 4 is 29.1 Å². The van der Waals surface area contributed by atoms with Crippen LogP contribution in [0.2, 0.25) is 5.02 Å². The van der Waals surface area contributed by atoms with Crippen LogP contribution in [0, 0.1) is 11.7 Å². The molecule has 0 aliphatic carbocycles. The average molecular weight is 670 g/mol. The third-order valence-corrected chi connectivity index (χ3v) is 9.54. The van der Waals surface area contributed by atoms with E-state index in [1.807, 2.05) is 20.8 Å². The number of hydrogen-bond acceptors (Lipinski definition) is 9. The normalized spacial score (nSPS) is 18.5. The number of aromatic nitrogens is 6. The number of carbonyl (C=O) groups excluding carboxylic acids is 1. The second-order valence-corrected chi connectivity index (χ2v) is 13.1. The molecule has 2 unspecified atom stereocenters. The molecule has 0 radical (unpaired) electrons. The largest absolute Gasteiger partial charge is 0.390 e. The van der Waals surface area contributed by atoms with E-state index in [1.165, 1.54) is 6.20 Å². The molecule has 248 valence electrons. The lowest BCUT2D eigenvalue weighted by Crippen LogP contribution is -2.66. The van der Waals surface area contributed by atoms with Crippen molar-refractivity contribution in [2.24, 2.45) is 5.92 Å². The number of nitrogens with one attached hydrogen (secondary N) is 1. The van der Waals surface area contributed by atoms with E-state index in [1.54, 1.807) is 23.3 Å². The van der Waals surface area contributed by atoms with E-state index in [9.17, 15) is 23.1 Å². The Labute approximate surface area is 274 Å². The second-order valence-electron chi connectivity index (χ2n) is 12.7. The van der Waals surface area contributed by atoms with Gasteiger partial charge in [-0.15, -0.1) is 0 Å². The predicted molar refractivity (Wildman–Crippen MR) is 170 cm³/mol. The van der Waals surface area contributed by atoms with Gasteiger partial charge in [-0.05, 0) is 40.2 Å². The summed E-state index contributed by atoms with van der Waals surface area (Å²) in [5.74, 6) is -0.817. The molecule has 2 N–H and O–H groups in total. The molecule has 0 spiro atoms. The maximum atomic E-state index is 14.8. The van der Waals surface area contributed by atoms with Crippen LogP contribution in [0.25, 0.3) is 11.3 Å². The molecule has 2 saturated heterocycles. The van der Waals surface area contributed by atoms with Crippen molar-refractivity contribution in [3.8, 4) is 11.3 Å². The standard InChI is InChI=1S/C32H35ClF3N9O2/c1-17(19-9-38-31(39-10-19)44-8-7-26(44)18(2)43-14-20(15-43)32(3,4)47)45-16-21(11-40-45)41-30(46)25-13-37-12-24(42-25)27-22(29(35)36)5-6-23(33)28(27)34/h5-6,9-13,16-18,20,26,29,47H,7-8,14-15H2,1-4H3,(H,41,46)/t17?,18?,26-/m0/s1. The van der Waals surface area contributed by atoms with Crippen molar-refractivity contribution < 1.29 is 23.1 Å². The lowest BCUT2D eigenvalue weighted by atomic mass is 9.82. The molecule has 2 aliphatic heterocycles. The van der Waals surface area contributed by atoms with Crippen LogP contribution in [-0.2, 0) is 0 Å². The number of nitrogens with zero attached hydrogens (tertiary/aromatic N) is 8. The predicted octanol–water partition coefficient (Wildman–Crippen LogP) is 5.39. The highest BCUT2D eigenvalue weighted by Gasteiger charge is 2.44. The third-order valence-electron chi connectivity index (χ3n) is 9.25. The van der Waals surface area contributed by atoms with Gasteiger partial charge in [0.1, 0.15) is 5.69 Å². The van der Waals surface area contributed by atoms with E-state index in [4.69, 9.17) is 11.6 Å². The Kier molecular flexibility index (Phi) is 8.94. The van der Waals surface area contributed by atoms with Crippen LogP contribution in [0.5, 0.6) is 0 Å². The summed E-state index contributed by atoms with van der Waals surface area (Å²) in [4.78, 5) is 34.9. The van der Waals surface area contributed by atoms with Crippen LogP contribution in [0.15, 0.2) is 49.3 Å². The van der Waals surface area contributed by atoms with Gasteiger partial charge < -0.3 is 15.3 Å². The number of likely N-dealkylation sites (tertiary alicyclic amines) is 1.